The summed E-state index contributed by atoms with van der Waals surface area (Å²) in [5.74, 6) is 0.513. The zero-order chi connectivity index (χ0) is 22.3. The van der Waals surface area contributed by atoms with Crippen molar-refractivity contribution in [2.24, 2.45) is 4.99 Å². The summed E-state index contributed by atoms with van der Waals surface area (Å²) in [6.07, 6.45) is 3.16. The first kappa shape index (κ1) is 21.7. The smallest absolute Gasteiger partial charge is 0.266 e. The van der Waals surface area contributed by atoms with Gasteiger partial charge in [0.25, 0.3) is 5.91 Å². The Labute approximate surface area is 190 Å². The molecule has 0 unspecified atom stereocenters. The molecule has 0 saturated carbocycles. The van der Waals surface area contributed by atoms with Gasteiger partial charge in [-0.05, 0) is 98.8 Å². The van der Waals surface area contributed by atoms with Crippen LogP contribution in [-0.2, 0) is 4.79 Å². The standard InChI is InChI=1S/C26H31N3OS/c1-7-29-24(30)23(31-25(29)27-20-11-9-8-10-12-20)15-19-14-21-18(3)16-26(4,5)28(6)22(21)13-17(19)2/h8-15,18H,7,16H2,1-6H3/b23-15-,27-25?/t18-/m0/s1. The number of hydrogen-bond donors (Lipinski definition) is 0. The summed E-state index contributed by atoms with van der Waals surface area (Å²) >= 11 is 1.47. The fourth-order valence-corrected chi connectivity index (χ4v) is 5.57. The van der Waals surface area contributed by atoms with E-state index in [0.29, 0.717) is 12.5 Å². The van der Waals surface area contributed by atoms with Gasteiger partial charge in [-0.1, -0.05) is 25.1 Å². The third-order valence-electron chi connectivity index (χ3n) is 6.49. The molecule has 2 aromatic carbocycles. The molecule has 4 rings (SSSR count). The Kier molecular flexibility index (Phi) is 5.73. The number of aryl methyl sites for hydroxylation is 1. The van der Waals surface area contributed by atoms with E-state index in [1.165, 1.54) is 28.6 Å². The average molecular weight is 434 g/mol. The maximum absolute atomic E-state index is 13.1. The lowest BCUT2D eigenvalue weighted by Gasteiger charge is -2.45. The van der Waals surface area contributed by atoms with Crippen LogP contribution in [0.1, 0.15) is 56.7 Å². The Balaban J connectivity index is 1.71. The van der Waals surface area contributed by atoms with Crippen molar-refractivity contribution in [2.75, 3.05) is 18.5 Å². The second-order valence-electron chi connectivity index (χ2n) is 9.13. The van der Waals surface area contributed by atoms with Gasteiger partial charge < -0.3 is 4.90 Å². The predicted octanol–water partition coefficient (Wildman–Crippen LogP) is 6.34. The summed E-state index contributed by atoms with van der Waals surface area (Å²) in [5.41, 5.74) is 5.97. The summed E-state index contributed by atoms with van der Waals surface area (Å²) in [6.45, 7) is 11.6. The lowest BCUT2D eigenvalue weighted by Crippen LogP contribution is -2.45. The first-order valence-electron chi connectivity index (χ1n) is 10.9. The van der Waals surface area contributed by atoms with Crippen LogP contribution in [0.3, 0.4) is 0 Å². The van der Waals surface area contributed by atoms with Crippen LogP contribution in [0.25, 0.3) is 6.08 Å². The molecule has 1 fully saturated rings. The highest BCUT2D eigenvalue weighted by molar-refractivity contribution is 8.18. The summed E-state index contributed by atoms with van der Waals surface area (Å²) in [7, 11) is 2.18. The number of carbonyl (C=O) groups is 1. The van der Waals surface area contributed by atoms with Crippen LogP contribution in [0, 0.1) is 6.92 Å². The highest BCUT2D eigenvalue weighted by Crippen LogP contribution is 2.44. The van der Waals surface area contributed by atoms with E-state index in [-0.39, 0.29) is 11.4 Å². The minimum atomic E-state index is 0.0330. The molecule has 1 saturated heterocycles. The van der Waals surface area contributed by atoms with E-state index < -0.39 is 0 Å². The van der Waals surface area contributed by atoms with Gasteiger partial charge in [0.1, 0.15) is 0 Å². The molecule has 0 N–H and O–H groups in total. The number of hydrogen-bond acceptors (Lipinski definition) is 4. The number of aliphatic imine (C=N–C) groups is 1. The summed E-state index contributed by atoms with van der Waals surface area (Å²) in [5, 5.41) is 0.746. The van der Waals surface area contributed by atoms with E-state index in [0.717, 1.165) is 27.7 Å². The lowest BCUT2D eigenvalue weighted by molar-refractivity contribution is -0.122. The Morgan fingerprint density at radius 2 is 1.94 bits per heavy atom. The van der Waals surface area contributed by atoms with Gasteiger partial charge in [-0.15, -0.1) is 0 Å². The maximum Gasteiger partial charge on any atom is 0.266 e. The van der Waals surface area contributed by atoms with Crippen molar-refractivity contribution >= 4 is 40.3 Å². The second-order valence-corrected chi connectivity index (χ2v) is 10.1. The Morgan fingerprint density at radius 3 is 2.61 bits per heavy atom. The van der Waals surface area contributed by atoms with Gasteiger partial charge >= 0.3 is 0 Å². The first-order valence-corrected chi connectivity index (χ1v) is 11.8. The van der Waals surface area contributed by atoms with Crippen molar-refractivity contribution < 1.29 is 4.79 Å². The molecule has 0 spiro atoms. The van der Waals surface area contributed by atoms with Crippen LogP contribution in [-0.4, -0.2) is 35.1 Å². The Morgan fingerprint density at radius 1 is 1.23 bits per heavy atom. The van der Waals surface area contributed by atoms with Gasteiger partial charge in [-0.2, -0.15) is 0 Å². The number of thioether (sulfide) groups is 1. The summed E-state index contributed by atoms with van der Waals surface area (Å²) in [4.78, 5) is 22.7. The van der Waals surface area contributed by atoms with E-state index in [1.54, 1.807) is 4.90 Å². The van der Waals surface area contributed by atoms with Crippen LogP contribution in [0.5, 0.6) is 0 Å². The van der Waals surface area contributed by atoms with Crippen molar-refractivity contribution in [3.05, 3.63) is 64.1 Å². The normalized spacial score (nSPS) is 23.0. The number of likely N-dealkylation sites (N-methyl/N-ethyl adjacent to an activating group) is 1. The first-order chi connectivity index (χ1) is 14.7. The summed E-state index contributed by atoms with van der Waals surface area (Å²) < 4.78 is 0. The molecule has 0 aliphatic carbocycles. The zero-order valence-electron chi connectivity index (χ0n) is 19.3. The van der Waals surface area contributed by atoms with Crippen molar-refractivity contribution in [1.29, 1.82) is 0 Å². The number of benzene rings is 2. The van der Waals surface area contributed by atoms with Crippen molar-refractivity contribution in [1.82, 2.24) is 4.90 Å². The number of rotatable bonds is 3. The van der Waals surface area contributed by atoms with E-state index in [2.05, 4.69) is 51.8 Å². The number of fused-ring (bicyclic) bond motifs is 1. The van der Waals surface area contributed by atoms with Crippen LogP contribution >= 0.6 is 11.8 Å². The van der Waals surface area contributed by atoms with Gasteiger partial charge in [0.15, 0.2) is 5.17 Å². The molecule has 0 bridgehead atoms. The number of anilines is 1. The lowest BCUT2D eigenvalue weighted by atomic mass is 9.79. The van der Waals surface area contributed by atoms with E-state index in [9.17, 15) is 4.79 Å². The highest BCUT2D eigenvalue weighted by Gasteiger charge is 2.35. The van der Waals surface area contributed by atoms with Crippen molar-refractivity contribution in [3.8, 4) is 0 Å². The fraction of sp³-hybridized carbons (Fsp3) is 0.385. The molecular weight excluding hydrogens is 402 g/mol. The molecule has 2 heterocycles. The van der Waals surface area contributed by atoms with Crippen molar-refractivity contribution in [2.45, 2.75) is 52.5 Å². The number of amides is 1. The Bertz CT molecular complexity index is 1070. The van der Waals surface area contributed by atoms with Crippen molar-refractivity contribution in [3.63, 3.8) is 0 Å². The van der Waals surface area contributed by atoms with Gasteiger partial charge in [0.05, 0.1) is 10.6 Å². The minimum Gasteiger partial charge on any atom is -0.369 e. The average Bonchev–Trinajstić information content (AvgIpc) is 3.02. The van der Waals surface area contributed by atoms with E-state index in [4.69, 9.17) is 4.99 Å². The summed E-state index contributed by atoms with van der Waals surface area (Å²) in [6, 6.07) is 14.4. The molecule has 5 heteroatoms. The molecule has 1 atom stereocenters. The van der Waals surface area contributed by atoms with Gasteiger partial charge in [0, 0.05) is 24.8 Å². The number of para-hydroxylation sites is 1. The molecule has 4 nitrogen and oxygen atoms in total. The number of nitrogens with zero attached hydrogens (tertiary/aromatic N) is 3. The molecule has 1 amide bonds. The van der Waals surface area contributed by atoms with E-state index in [1.807, 2.05) is 43.3 Å². The third kappa shape index (κ3) is 4.03. The van der Waals surface area contributed by atoms with Crippen LogP contribution < -0.4 is 4.90 Å². The maximum atomic E-state index is 13.1. The quantitative estimate of drug-likeness (QED) is 0.530. The van der Waals surface area contributed by atoms with Gasteiger partial charge in [-0.25, -0.2) is 4.99 Å². The fourth-order valence-electron chi connectivity index (χ4n) is 4.51. The Hall–Kier alpha value is -2.53. The molecule has 2 aliphatic rings. The minimum absolute atomic E-state index is 0.0330. The van der Waals surface area contributed by atoms with Crippen LogP contribution in [0.15, 0.2) is 52.4 Å². The predicted molar refractivity (Wildman–Crippen MR) is 133 cm³/mol. The highest BCUT2D eigenvalue weighted by atomic mass is 32.2. The molecule has 31 heavy (non-hydrogen) atoms. The largest absolute Gasteiger partial charge is 0.369 e. The SMILES string of the molecule is CCN1C(=O)/C(=C/c2cc3c(cc2C)N(C)C(C)(C)C[C@@H]3C)SC1=Nc1ccccc1. The van der Waals surface area contributed by atoms with Gasteiger partial charge in [0.2, 0.25) is 0 Å². The molecule has 0 aromatic heterocycles. The number of amidine groups is 1. The topological polar surface area (TPSA) is 35.9 Å². The molecular formula is C26H31N3OS. The monoisotopic (exact) mass is 433 g/mol. The van der Waals surface area contributed by atoms with E-state index >= 15 is 0 Å². The molecule has 2 aliphatic heterocycles. The molecule has 162 valence electrons. The van der Waals surface area contributed by atoms with Crippen LogP contribution in [0.2, 0.25) is 0 Å². The number of carbonyl (C=O) groups excluding carboxylic acids is 1. The molecule has 2 aromatic rings. The van der Waals surface area contributed by atoms with Crippen LogP contribution in [0.4, 0.5) is 11.4 Å². The molecule has 0 radical (unpaired) electrons. The third-order valence-corrected chi connectivity index (χ3v) is 7.50. The second kappa shape index (κ2) is 8.19. The zero-order valence-corrected chi connectivity index (χ0v) is 20.1. The van der Waals surface area contributed by atoms with Gasteiger partial charge in [-0.3, -0.25) is 9.69 Å².